The van der Waals surface area contributed by atoms with Crippen molar-refractivity contribution in [2.45, 2.75) is 52.3 Å². The quantitative estimate of drug-likeness (QED) is 0.568. The summed E-state index contributed by atoms with van der Waals surface area (Å²) in [6.45, 7) is 8.06. The molecule has 0 saturated heterocycles. The van der Waals surface area contributed by atoms with Crippen molar-refractivity contribution in [2.75, 3.05) is 0 Å². The maximum Gasteiger partial charge on any atom is 0.180 e. The highest BCUT2D eigenvalue weighted by Gasteiger charge is 2.19. The van der Waals surface area contributed by atoms with Crippen molar-refractivity contribution in [3.05, 3.63) is 34.4 Å². The molecule has 0 saturated carbocycles. The van der Waals surface area contributed by atoms with Crippen molar-refractivity contribution in [2.24, 2.45) is 0 Å². The van der Waals surface area contributed by atoms with E-state index in [0.29, 0.717) is 0 Å². The minimum atomic E-state index is -0.446. The van der Waals surface area contributed by atoms with Gasteiger partial charge < -0.3 is 0 Å². The summed E-state index contributed by atoms with van der Waals surface area (Å²) in [7, 11) is 0. The normalized spacial score (nSPS) is 12.5. The third-order valence-electron chi connectivity index (χ3n) is 3.14. The van der Waals surface area contributed by atoms with Crippen LogP contribution in [0.2, 0.25) is 0 Å². The zero-order valence-electron chi connectivity index (χ0n) is 11.1. The number of rotatable bonds is 5. The van der Waals surface area contributed by atoms with Crippen molar-refractivity contribution >= 4 is 17.4 Å². The second-order valence-corrected chi connectivity index (χ2v) is 4.98. The monoisotopic (exact) mass is 252 g/mol. The fraction of sp³-hybridized carbons (Fsp3) is 0.533. The van der Waals surface area contributed by atoms with Gasteiger partial charge in [-0.3, -0.25) is 4.79 Å². The van der Waals surface area contributed by atoms with E-state index in [9.17, 15) is 4.79 Å². The Labute approximate surface area is 109 Å². The second-order valence-electron chi connectivity index (χ2n) is 4.33. The standard InChI is InChI=1S/C15H21ClO/c1-5-11-8-12(6-2)14(13(7-3)9-11)15(17)10(4)16/h8-10H,5-7H2,1-4H3. The smallest absolute Gasteiger partial charge is 0.180 e. The summed E-state index contributed by atoms with van der Waals surface area (Å²) in [5.41, 5.74) is 4.43. The molecule has 0 bridgehead atoms. The Hall–Kier alpha value is -0.820. The van der Waals surface area contributed by atoms with Crippen LogP contribution < -0.4 is 0 Å². The number of hydrogen-bond acceptors (Lipinski definition) is 1. The lowest BCUT2D eigenvalue weighted by Crippen LogP contribution is -2.16. The third-order valence-corrected chi connectivity index (χ3v) is 3.34. The van der Waals surface area contributed by atoms with E-state index < -0.39 is 5.38 Å². The minimum Gasteiger partial charge on any atom is -0.293 e. The average Bonchev–Trinajstić information content (AvgIpc) is 2.35. The van der Waals surface area contributed by atoms with Gasteiger partial charge in [-0.1, -0.05) is 32.9 Å². The summed E-state index contributed by atoms with van der Waals surface area (Å²) in [5, 5.41) is -0.446. The second kappa shape index (κ2) is 6.20. The van der Waals surface area contributed by atoms with Crippen molar-refractivity contribution < 1.29 is 4.79 Å². The van der Waals surface area contributed by atoms with Gasteiger partial charge in [0.1, 0.15) is 0 Å². The van der Waals surface area contributed by atoms with Crippen LogP contribution >= 0.6 is 11.6 Å². The Morgan fingerprint density at radius 3 is 1.88 bits per heavy atom. The number of carbonyl (C=O) groups is 1. The lowest BCUT2D eigenvalue weighted by atomic mass is 9.90. The molecule has 0 amide bonds. The molecular weight excluding hydrogens is 232 g/mol. The molecule has 2 heteroatoms. The molecule has 0 aromatic heterocycles. The molecule has 94 valence electrons. The highest BCUT2D eigenvalue weighted by molar-refractivity contribution is 6.34. The molecular formula is C15H21ClO. The molecule has 0 fully saturated rings. The van der Waals surface area contributed by atoms with E-state index in [1.807, 2.05) is 0 Å². The van der Waals surface area contributed by atoms with Crippen LogP contribution in [0.25, 0.3) is 0 Å². The van der Waals surface area contributed by atoms with E-state index in [2.05, 4.69) is 32.9 Å². The van der Waals surface area contributed by atoms with Gasteiger partial charge >= 0.3 is 0 Å². The van der Waals surface area contributed by atoms with Crippen LogP contribution in [0, 0.1) is 0 Å². The molecule has 0 aliphatic rings. The van der Waals surface area contributed by atoms with Crippen LogP contribution in [0.4, 0.5) is 0 Å². The summed E-state index contributed by atoms with van der Waals surface area (Å²) in [6.07, 6.45) is 2.77. The molecule has 1 unspecified atom stereocenters. The van der Waals surface area contributed by atoms with Crippen molar-refractivity contribution in [1.29, 1.82) is 0 Å². The number of hydrogen-bond donors (Lipinski definition) is 0. The van der Waals surface area contributed by atoms with Crippen LogP contribution in [0.15, 0.2) is 12.1 Å². The molecule has 0 aliphatic heterocycles. The van der Waals surface area contributed by atoms with E-state index in [1.165, 1.54) is 5.56 Å². The van der Waals surface area contributed by atoms with Gasteiger partial charge in [-0.25, -0.2) is 0 Å². The molecule has 1 aromatic rings. The predicted octanol–water partition coefficient (Wildman–Crippen LogP) is 4.18. The van der Waals surface area contributed by atoms with Gasteiger partial charge in [-0.15, -0.1) is 11.6 Å². The van der Waals surface area contributed by atoms with Crippen LogP contribution in [0.5, 0.6) is 0 Å². The first-order chi connectivity index (χ1) is 8.04. The predicted molar refractivity (Wildman–Crippen MR) is 74.2 cm³/mol. The van der Waals surface area contributed by atoms with Gasteiger partial charge in [-0.2, -0.15) is 0 Å². The number of ketones is 1. The summed E-state index contributed by atoms with van der Waals surface area (Å²) < 4.78 is 0. The third kappa shape index (κ3) is 3.10. The summed E-state index contributed by atoms with van der Waals surface area (Å²) >= 11 is 5.94. The zero-order valence-corrected chi connectivity index (χ0v) is 11.9. The molecule has 1 aromatic carbocycles. The molecule has 0 spiro atoms. The van der Waals surface area contributed by atoms with Gasteiger partial charge in [0, 0.05) is 5.56 Å². The molecule has 0 N–H and O–H groups in total. The number of alkyl halides is 1. The maximum absolute atomic E-state index is 12.2. The first-order valence-corrected chi connectivity index (χ1v) is 6.81. The van der Waals surface area contributed by atoms with E-state index in [1.54, 1.807) is 6.92 Å². The fourth-order valence-corrected chi connectivity index (χ4v) is 2.23. The fourth-order valence-electron chi connectivity index (χ4n) is 2.12. The number of aryl methyl sites for hydroxylation is 3. The molecule has 1 nitrogen and oxygen atoms in total. The van der Waals surface area contributed by atoms with Gasteiger partial charge in [0.2, 0.25) is 0 Å². The van der Waals surface area contributed by atoms with Crippen LogP contribution in [0.3, 0.4) is 0 Å². The molecule has 0 radical (unpaired) electrons. The highest BCUT2D eigenvalue weighted by atomic mass is 35.5. The molecule has 0 aliphatic carbocycles. The van der Waals surface area contributed by atoms with E-state index >= 15 is 0 Å². The topological polar surface area (TPSA) is 17.1 Å². The van der Waals surface area contributed by atoms with Crippen LogP contribution in [-0.2, 0) is 19.3 Å². The van der Waals surface area contributed by atoms with Gasteiger partial charge in [-0.05, 0) is 42.9 Å². The van der Waals surface area contributed by atoms with Crippen LogP contribution in [-0.4, -0.2) is 11.2 Å². The summed E-state index contributed by atoms with van der Waals surface area (Å²) in [6, 6.07) is 4.29. The van der Waals surface area contributed by atoms with Crippen LogP contribution in [0.1, 0.15) is 54.7 Å². The molecule has 1 rings (SSSR count). The Bertz CT molecular complexity index is 382. The molecule has 17 heavy (non-hydrogen) atoms. The number of benzene rings is 1. The molecule has 0 heterocycles. The molecule has 1 atom stereocenters. The summed E-state index contributed by atoms with van der Waals surface area (Å²) in [4.78, 5) is 12.2. The van der Waals surface area contributed by atoms with Gasteiger partial charge in [0.05, 0.1) is 5.38 Å². The van der Waals surface area contributed by atoms with E-state index in [-0.39, 0.29) is 5.78 Å². The number of Topliss-reactive ketones (excluding diaryl/α,β-unsaturated/α-hetero) is 1. The Morgan fingerprint density at radius 2 is 1.59 bits per heavy atom. The SMILES string of the molecule is CCc1cc(CC)c(C(=O)C(C)Cl)c(CC)c1. The largest absolute Gasteiger partial charge is 0.293 e. The van der Waals surface area contributed by atoms with Crippen molar-refractivity contribution in [3.8, 4) is 0 Å². The first-order valence-electron chi connectivity index (χ1n) is 6.38. The zero-order chi connectivity index (χ0) is 13.0. The van der Waals surface area contributed by atoms with Gasteiger partial charge in [0.25, 0.3) is 0 Å². The number of carbonyl (C=O) groups excluding carboxylic acids is 1. The first kappa shape index (κ1) is 14.2. The summed E-state index contributed by atoms with van der Waals surface area (Å²) in [5.74, 6) is 0.0584. The minimum absolute atomic E-state index is 0.0584. The maximum atomic E-state index is 12.2. The Morgan fingerprint density at radius 1 is 1.12 bits per heavy atom. The average molecular weight is 253 g/mol. The van der Waals surface area contributed by atoms with Gasteiger partial charge in [0.15, 0.2) is 5.78 Å². The van der Waals surface area contributed by atoms with Crippen molar-refractivity contribution in [3.63, 3.8) is 0 Å². The number of halogens is 1. The lowest BCUT2D eigenvalue weighted by Gasteiger charge is -2.15. The Kier molecular flexibility index (Phi) is 5.20. The van der Waals surface area contributed by atoms with Crippen molar-refractivity contribution in [1.82, 2.24) is 0 Å². The highest BCUT2D eigenvalue weighted by Crippen LogP contribution is 2.23. The van der Waals surface area contributed by atoms with E-state index in [4.69, 9.17) is 11.6 Å². The lowest BCUT2D eigenvalue weighted by molar-refractivity contribution is 0.0990. The van der Waals surface area contributed by atoms with E-state index in [0.717, 1.165) is 36.0 Å². The Balaban J connectivity index is 3.39.